The summed E-state index contributed by atoms with van der Waals surface area (Å²) in [6, 6.07) is 15.4. The summed E-state index contributed by atoms with van der Waals surface area (Å²) in [5.41, 5.74) is -1.74. The van der Waals surface area contributed by atoms with E-state index in [0.717, 1.165) is 24.2 Å². The van der Waals surface area contributed by atoms with Crippen molar-refractivity contribution in [2.45, 2.75) is 64.7 Å². The van der Waals surface area contributed by atoms with Crippen molar-refractivity contribution in [3.8, 4) is 5.75 Å². The van der Waals surface area contributed by atoms with Gasteiger partial charge in [0.2, 0.25) is 0 Å². The van der Waals surface area contributed by atoms with Crippen LogP contribution in [0.15, 0.2) is 54.6 Å². The third kappa shape index (κ3) is 6.31. The lowest BCUT2D eigenvalue weighted by molar-refractivity contribution is -0.141. The van der Waals surface area contributed by atoms with Crippen molar-refractivity contribution in [2.75, 3.05) is 6.61 Å². The van der Waals surface area contributed by atoms with Crippen LogP contribution in [0.25, 0.3) is 0 Å². The first-order valence-corrected chi connectivity index (χ1v) is 10.6. The minimum atomic E-state index is -1.72. The highest BCUT2D eigenvalue weighted by Gasteiger charge is 2.37. The van der Waals surface area contributed by atoms with Crippen LogP contribution in [0.5, 0.6) is 5.75 Å². The maximum atomic E-state index is 12.9. The summed E-state index contributed by atoms with van der Waals surface area (Å²) < 4.78 is 5.84. The molecule has 5 nitrogen and oxygen atoms in total. The molecule has 1 amide bonds. The van der Waals surface area contributed by atoms with Gasteiger partial charge in [0.1, 0.15) is 5.75 Å². The van der Waals surface area contributed by atoms with Gasteiger partial charge in [0.25, 0.3) is 5.91 Å². The van der Waals surface area contributed by atoms with E-state index in [2.05, 4.69) is 19.2 Å². The average molecular weight is 414 g/mol. The molecule has 0 spiro atoms. The van der Waals surface area contributed by atoms with Gasteiger partial charge in [-0.25, -0.2) is 0 Å². The third-order valence-electron chi connectivity index (χ3n) is 5.29. The standard InChI is InChI=1S/C25H35NO4/c1-6-10-18(2)17-30-21-15-13-19(14-16-21)22(24(3,4)28)26-23(27)25(5,29)20-11-8-7-9-12-20/h7-9,11-16,18,22,28-29H,6,10,17H2,1-5H3,(H,26,27)/t18?,22-,25?/m1/s1. The Morgan fingerprint density at radius 3 is 2.17 bits per heavy atom. The number of carbonyl (C=O) groups is 1. The molecule has 5 heteroatoms. The smallest absolute Gasteiger partial charge is 0.256 e. The fourth-order valence-electron chi connectivity index (χ4n) is 3.40. The first-order valence-electron chi connectivity index (χ1n) is 10.6. The Labute approximate surface area is 180 Å². The summed E-state index contributed by atoms with van der Waals surface area (Å²) in [6.07, 6.45) is 2.25. The first-order chi connectivity index (χ1) is 14.1. The molecule has 0 fully saturated rings. The van der Waals surface area contributed by atoms with Crippen molar-refractivity contribution in [1.82, 2.24) is 5.32 Å². The van der Waals surface area contributed by atoms with E-state index >= 15 is 0 Å². The molecular formula is C25H35NO4. The summed E-state index contributed by atoms with van der Waals surface area (Å²) in [4.78, 5) is 12.9. The number of nitrogens with one attached hydrogen (secondary N) is 1. The van der Waals surface area contributed by atoms with E-state index in [-0.39, 0.29) is 0 Å². The quantitative estimate of drug-likeness (QED) is 0.541. The molecule has 0 bridgehead atoms. The van der Waals surface area contributed by atoms with E-state index in [1.807, 2.05) is 30.3 Å². The van der Waals surface area contributed by atoms with Crippen LogP contribution >= 0.6 is 0 Å². The van der Waals surface area contributed by atoms with Crippen molar-refractivity contribution >= 4 is 5.91 Å². The predicted molar refractivity (Wildman–Crippen MR) is 119 cm³/mol. The van der Waals surface area contributed by atoms with E-state index < -0.39 is 23.2 Å². The summed E-state index contributed by atoms with van der Waals surface area (Å²) in [5, 5.41) is 24.3. The Morgan fingerprint density at radius 2 is 1.63 bits per heavy atom. The van der Waals surface area contributed by atoms with Gasteiger partial charge in [0.15, 0.2) is 5.60 Å². The summed E-state index contributed by atoms with van der Waals surface area (Å²) in [7, 11) is 0. The van der Waals surface area contributed by atoms with Crippen molar-refractivity contribution in [3.05, 3.63) is 65.7 Å². The molecule has 0 radical (unpaired) electrons. The molecule has 0 saturated heterocycles. The van der Waals surface area contributed by atoms with Crippen LogP contribution < -0.4 is 10.1 Å². The Balaban J connectivity index is 2.15. The second-order valence-electron chi connectivity index (χ2n) is 8.77. The number of ether oxygens (including phenoxy) is 1. The van der Waals surface area contributed by atoms with Gasteiger partial charge in [-0.3, -0.25) is 4.79 Å². The number of rotatable bonds is 10. The van der Waals surface area contributed by atoms with E-state index in [9.17, 15) is 15.0 Å². The molecule has 3 N–H and O–H groups in total. The molecular weight excluding hydrogens is 378 g/mol. The second kappa shape index (κ2) is 10.1. The normalized spacial score (nSPS) is 15.7. The predicted octanol–water partition coefficient (Wildman–Crippen LogP) is 4.34. The number of carbonyl (C=O) groups excluding carboxylic acids is 1. The number of amides is 1. The molecule has 2 aromatic rings. The van der Waals surface area contributed by atoms with Crippen molar-refractivity contribution in [2.24, 2.45) is 5.92 Å². The minimum absolute atomic E-state index is 0.485. The van der Waals surface area contributed by atoms with Crippen LogP contribution in [0.3, 0.4) is 0 Å². The van der Waals surface area contributed by atoms with Gasteiger partial charge < -0.3 is 20.3 Å². The average Bonchev–Trinajstić information content (AvgIpc) is 2.71. The third-order valence-corrected chi connectivity index (χ3v) is 5.29. The van der Waals surface area contributed by atoms with Crippen LogP contribution in [-0.4, -0.2) is 28.3 Å². The highest BCUT2D eigenvalue weighted by Crippen LogP contribution is 2.29. The fraction of sp³-hybridized carbons (Fsp3) is 0.480. The van der Waals surface area contributed by atoms with Gasteiger partial charge in [-0.15, -0.1) is 0 Å². The van der Waals surface area contributed by atoms with E-state index in [1.54, 1.807) is 38.1 Å². The van der Waals surface area contributed by atoms with Gasteiger partial charge in [-0.1, -0.05) is 62.7 Å². The zero-order chi connectivity index (χ0) is 22.4. The minimum Gasteiger partial charge on any atom is -0.493 e. The highest BCUT2D eigenvalue weighted by atomic mass is 16.5. The summed E-state index contributed by atoms with van der Waals surface area (Å²) in [6.45, 7) is 9.69. The number of hydrogen-bond donors (Lipinski definition) is 3. The topological polar surface area (TPSA) is 78.8 Å². The van der Waals surface area contributed by atoms with E-state index in [0.29, 0.717) is 18.1 Å². The largest absolute Gasteiger partial charge is 0.493 e. The Hall–Kier alpha value is -2.37. The molecule has 164 valence electrons. The van der Waals surface area contributed by atoms with Crippen molar-refractivity contribution < 1.29 is 19.7 Å². The summed E-state index contributed by atoms with van der Waals surface area (Å²) in [5.74, 6) is 0.659. The van der Waals surface area contributed by atoms with Gasteiger partial charge in [-0.2, -0.15) is 0 Å². The molecule has 0 aliphatic rings. The van der Waals surface area contributed by atoms with Crippen LogP contribution in [0.1, 0.15) is 64.6 Å². The zero-order valence-corrected chi connectivity index (χ0v) is 18.7. The highest BCUT2D eigenvalue weighted by molar-refractivity contribution is 5.86. The van der Waals surface area contributed by atoms with Crippen LogP contribution in [-0.2, 0) is 10.4 Å². The Bertz CT molecular complexity index is 794. The molecule has 0 aliphatic heterocycles. The lowest BCUT2D eigenvalue weighted by Crippen LogP contribution is -2.49. The van der Waals surface area contributed by atoms with Gasteiger partial charge in [-0.05, 0) is 56.4 Å². The monoisotopic (exact) mass is 413 g/mol. The Kier molecular flexibility index (Phi) is 8.04. The van der Waals surface area contributed by atoms with Crippen molar-refractivity contribution in [3.63, 3.8) is 0 Å². The number of aliphatic hydroxyl groups is 2. The fourth-order valence-corrected chi connectivity index (χ4v) is 3.40. The summed E-state index contributed by atoms with van der Waals surface area (Å²) >= 11 is 0. The van der Waals surface area contributed by atoms with Gasteiger partial charge in [0.05, 0.1) is 18.2 Å². The maximum absolute atomic E-state index is 12.9. The molecule has 2 unspecified atom stereocenters. The maximum Gasteiger partial charge on any atom is 0.256 e. The van der Waals surface area contributed by atoms with Crippen molar-refractivity contribution in [1.29, 1.82) is 0 Å². The molecule has 0 saturated carbocycles. The molecule has 0 aromatic heterocycles. The Morgan fingerprint density at radius 1 is 1.03 bits per heavy atom. The first kappa shape index (κ1) is 23.9. The van der Waals surface area contributed by atoms with Crippen LogP contribution in [0.2, 0.25) is 0 Å². The van der Waals surface area contributed by atoms with E-state index in [4.69, 9.17) is 4.74 Å². The van der Waals surface area contributed by atoms with Gasteiger partial charge in [0, 0.05) is 0 Å². The lowest BCUT2D eigenvalue weighted by atomic mass is 9.89. The molecule has 2 aromatic carbocycles. The molecule has 2 rings (SSSR count). The van der Waals surface area contributed by atoms with E-state index in [1.165, 1.54) is 6.92 Å². The molecule has 3 atom stereocenters. The molecule has 0 heterocycles. The number of hydrogen-bond acceptors (Lipinski definition) is 4. The molecule has 30 heavy (non-hydrogen) atoms. The second-order valence-corrected chi connectivity index (χ2v) is 8.77. The van der Waals surface area contributed by atoms with Crippen LogP contribution in [0.4, 0.5) is 0 Å². The van der Waals surface area contributed by atoms with Crippen LogP contribution in [0, 0.1) is 5.92 Å². The number of benzene rings is 2. The lowest BCUT2D eigenvalue weighted by Gasteiger charge is -2.33. The van der Waals surface area contributed by atoms with Gasteiger partial charge >= 0.3 is 0 Å². The molecule has 0 aliphatic carbocycles. The zero-order valence-electron chi connectivity index (χ0n) is 18.7. The SMILES string of the molecule is CCCC(C)COc1ccc([C@@H](NC(=O)C(C)(O)c2ccccc2)C(C)(C)O)cc1.